The van der Waals surface area contributed by atoms with Gasteiger partial charge in [0.2, 0.25) is 0 Å². The fraction of sp³-hybridized carbons (Fsp3) is 0.455. The van der Waals surface area contributed by atoms with Crippen molar-refractivity contribution in [3.8, 4) is 0 Å². The number of nitrogens with zero attached hydrogens (tertiary/aromatic N) is 1. The fourth-order valence-corrected chi connectivity index (χ4v) is 1.47. The van der Waals surface area contributed by atoms with Crippen LogP contribution in [0.4, 0.5) is 0 Å². The molecule has 0 unspecified atom stereocenters. The highest BCUT2D eigenvalue weighted by molar-refractivity contribution is 6.32. The van der Waals surface area contributed by atoms with Crippen LogP contribution in [0.2, 0.25) is 5.15 Å². The van der Waals surface area contributed by atoms with Gasteiger partial charge in [0.25, 0.3) is 5.91 Å². The van der Waals surface area contributed by atoms with Gasteiger partial charge in [-0.05, 0) is 24.5 Å². The third-order valence-electron chi connectivity index (χ3n) is 2.01. The lowest BCUT2D eigenvalue weighted by atomic mass is 10.1. The molecule has 1 amide bonds. The number of pyridine rings is 1. The highest BCUT2D eigenvalue weighted by Crippen LogP contribution is 2.16. The van der Waals surface area contributed by atoms with Gasteiger partial charge in [0, 0.05) is 12.7 Å². The lowest BCUT2D eigenvalue weighted by Crippen LogP contribution is -2.28. The Balaban J connectivity index is 2.82. The van der Waals surface area contributed by atoms with E-state index in [1.807, 2.05) is 20.8 Å². The smallest absolute Gasteiger partial charge is 0.254 e. The van der Waals surface area contributed by atoms with Gasteiger partial charge in [-0.1, -0.05) is 25.4 Å². The Hall–Kier alpha value is -1.09. The SMILES string of the molecule is Cc1ccnc(Cl)c1C(=O)NCC(C)C. The Kier molecular flexibility index (Phi) is 4.09. The Labute approximate surface area is 94.9 Å². The lowest BCUT2D eigenvalue weighted by Gasteiger charge is -2.10. The number of aromatic nitrogens is 1. The van der Waals surface area contributed by atoms with E-state index in [-0.39, 0.29) is 11.1 Å². The van der Waals surface area contributed by atoms with E-state index < -0.39 is 0 Å². The zero-order chi connectivity index (χ0) is 11.4. The molecule has 3 nitrogen and oxygen atoms in total. The normalized spacial score (nSPS) is 10.5. The summed E-state index contributed by atoms with van der Waals surface area (Å²) in [5.41, 5.74) is 1.32. The van der Waals surface area contributed by atoms with Crippen LogP contribution in [-0.2, 0) is 0 Å². The highest BCUT2D eigenvalue weighted by Gasteiger charge is 2.13. The number of hydrogen-bond donors (Lipinski definition) is 1. The number of carbonyl (C=O) groups excluding carboxylic acids is 1. The van der Waals surface area contributed by atoms with Gasteiger partial charge in [-0.2, -0.15) is 0 Å². The number of rotatable bonds is 3. The van der Waals surface area contributed by atoms with Crippen molar-refractivity contribution in [2.45, 2.75) is 20.8 Å². The summed E-state index contributed by atoms with van der Waals surface area (Å²) in [6, 6.07) is 1.77. The maximum absolute atomic E-state index is 11.8. The van der Waals surface area contributed by atoms with Crippen molar-refractivity contribution in [1.82, 2.24) is 10.3 Å². The van der Waals surface area contributed by atoms with Gasteiger partial charge in [-0.15, -0.1) is 0 Å². The van der Waals surface area contributed by atoms with Gasteiger partial charge in [-0.3, -0.25) is 4.79 Å². The third kappa shape index (κ3) is 3.20. The molecule has 0 radical (unpaired) electrons. The number of halogens is 1. The van der Waals surface area contributed by atoms with E-state index in [4.69, 9.17) is 11.6 Å². The van der Waals surface area contributed by atoms with Crippen LogP contribution in [-0.4, -0.2) is 17.4 Å². The van der Waals surface area contributed by atoms with Crippen molar-refractivity contribution in [2.24, 2.45) is 5.92 Å². The third-order valence-corrected chi connectivity index (χ3v) is 2.30. The molecule has 1 heterocycles. The largest absolute Gasteiger partial charge is 0.352 e. The summed E-state index contributed by atoms with van der Waals surface area (Å²) in [6.45, 7) is 6.57. The van der Waals surface area contributed by atoms with Crippen LogP contribution in [0.3, 0.4) is 0 Å². The highest BCUT2D eigenvalue weighted by atomic mass is 35.5. The van der Waals surface area contributed by atoms with Crippen molar-refractivity contribution < 1.29 is 4.79 Å². The monoisotopic (exact) mass is 226 g/mol. The van der Waals surface area contributed by atoms with E-state index in [9.17, 15) is 4.79 Å². The predicted molar refractivity (Wildman–Crippen MR) is 61.2 cm³/mol. The molecule has 15 heavy (non-hydrogen) atoms. The first kappa shape index (κ1) is 12.0. The summed E-state index contributed by atoms with van der Waals surface area (Å²) in [5, 5.41) is 3.08. The molecule has 0 aliphatic carbocycles. The van der Waals surface area contributed by atoms with E-state index >= 15 is 0 Å². The maximum Gasteiger partial charge on any atom is 0.254 e. The van der Waals surface area contributed by atoms with E-state index in [2.05, 4.69) is 10.3 Å². The minimum absolute atomic E-state index is 0.153. The number of aryl methyl sites for hydroxylation is 1. The van der Waals surface area contributed by atoms with E-state index in [1.54, 1.807) is 12.3 Å². The summed E-state index contributed by atoms with van der Waals surface area (Å²) in [5.74, 6) is 0.268. The molecule has 82 valence electrons. The average molecular weight is 227 g/mol. The van der Waals surface area contributed by atoms with Crippen molar-refractivity contribution in [3.05, 3.63) is 28.5 Å². The minimum atomic E-state index is -0.153. The molecule has 1 aromatic rings. The van der Waals surface area contributed by atoms with Crippen LogP contribution in [0, 0.1) is 12.8 Å². The van der Waals surface area contributed by atoms with Crippen molar-refractivity contribution in [2.75, 3.05) is 6.54 Å². The zero-order valence-corrected chi connectivity index (χ0v) is 9.93. The summed E-state index contributed by atoms with van der Waals surface area (Å²) < 4.78 is 0. The second-order valence-electron chi connectivity index (χ2n) is 3.90. The Morgan fingerprint density at radius 2 is 2.27 bits per heavy atom. The second-order valence-corrected chi connectivity index (χ2v) is 4.26. The first-order chi connectivity index (χ1) is 7.02. The molecule has 0 atom stereocenters. The number of amides is 1. The van der Waals surface area contributed by atoms with Crippen LogP contribution >= 0.6 is 11.6 Å². The van der Waals surface area contributed by atoms with Gasteiger partial charge in [0.15, 0.2) is 0 Å². The summed E-state index contributed by atoms with van der Waals surface area (Å²) in [4.78, 5) is 15.6. The molecule has 1 N–H and O–H groups in total. The molecule has 0 fully saturated rings. The molecule has 0 aromatic carbocycles. The van der Waals surface area contributed by atoms with Gasteiger partial charge in [0.05, 0.1) is 5.56 Å². The molecule has 4 heteroatoms. The van der Waals surface area contributed by atoms with Crippen LogP contribution in [0.5, 0.6) is 0 Å². The van der Waals surface area contributed by atoms with Crippen molar-refractivity contribution >= 4 is 17.5 Å². The molecule has 0 bridgehead atoms. The van der Waals surface area contributed by atoms with Gasteiger partial charge >= 0.3 is 0 Å². The Bertz CT molecular complexity index is 343. The first-order valence-corrected chi connectivity index (χ1v) is 5.29. The summed E-state index contributed by atoms with van der Waals surface area (Å²) >= 11 is 5.87. The lowest BCUT2D eigenvalue weighted by molar-refractivity contribution is 0.0948. The van der Waals surface area contributed by atoms with Gasteiger partial charge < -0.3 is 5.32 Å². The molecular formula is C11H15ClN2O. The van der Waals surface area contributed by atoms with E-state index in [0.29, 0.717) is 18.0 Å². The molecule has 1 rings (SSSR count). The maximum atomic E-state index is 11.8. The van der Waals surface area contributed by atoms with Crippen LogP contribution in [0.1, 0.15) is 29.8 Å². The minimum Gasteiger partial charge on any atom is -0.352 e. The Morgan fingerprint density at radius 1 is 1.60 bits per heavy atom. The number of hydrogen-bond acceptors (Lipinski definition) is 2. The van der Waals surface area contributed by atoms with Crippen molar-refractivity contribution in [3.63, 3.8) is 0 Å². The van der Waals surface area contributed by atoms with Gasteiger partial charge in [0.1, 0.15) is 5.15 Å². The molecule has 0 saturated carbocycles. The molecule has 0 aliphatic heterocycles. The van der Waals surface area contributed by atoms with Crippen molar-refractivity contribution in [1.29, 1.82) is 0 Å². The molecule has 0 aliphatic rings. The van der Waals surface area contributed by atoms with E-state index in [0.717, 1.165) is 5.56 Å². The summed E-state index contributed by atoms with van der Waals surface area (Å²) in [7, 11) is 0. The van der Waals surface area contributed by atoms with Crippen LogP contribution < -0.4 is 5.32 Å². The predicted octanol–water partition coefficient (Wildman–Crippen LogP) is 2.43. The van der Waals surface area contributed by atoms with Crippen LogP contribution in [0.25, 0.3) is 0 Å². The van der Waals surface area contributed by atoms with Gasteiger partial charge in [-0.25, -0.2) is 4.98 Å². The molecule has 0 saturated heterocycles. The van der Waals surface area contributed by atoms with Crippen LogP contribution in [0.15, 0.2) is 12.3 Å². The Morgan fingerprint density at radius 3 is 2.80 bits per heavy atom. The molecule has 1 aromatic heterocycles. The zero-order valence-electron chi connectivity index (χ0n) is 9.17. The molecule has 0 spiro atoms. The fourth-order valence-electron chi connectivity index (χ4n) is 1.18. The standard InChI is InChI=1S/C11H15ClN2O/c1-7(2)6-14-11(15)9-8(3)4-5-13-10(9)12/h4-5,7H,6H2,1-3H3,(H,14,15). The number of carbonyl (C=O) groups is 1. The quantitative estimate of drug-likeness (QED) is 0.805. The van der Waals surface area contributed by atoms with E-state index in [1.165, 1.54) is 0 Å². The average Bonchev–Trinajstić information content (AvgIpc) is 2.14. The molecular weight excluding hydrogens is 212 g/mol. The first-order valence-electron chi connectivity index (χ1n) is 4.91. The summed E-state index contributed by atoms with van der Waals surface area (Å²) in [6.07, 6.45) is 1.59. The topological polar surface area (TPSA) is 42.0 Å². The second kappa shape index (κ2) is 5.12. The number of nitrogens with one attached hydrogen (secondary N) is 1.